The van der Waals surface area contributed by atoms with Gasteiger partial charge in [0.15, 0.2) is 0 Å². The summed E-state index contributed by atoms with van der Waals surface area (Å²) in [5.41, 5.74) is 2.23. The number of halogens is 1. The molecule has 76 valence electrons. The van der Waals surface area contributed by atoms with Crippen LogP contribution in [0.25, 0.3) is 0 Å². The molecule has 1 fully saturated rings. The highest BCUT2D eigenvalue weighted by Crippen LogP contribution is 2.31. The molecule has 1 aromatic rings. The Kier molecular flexibility index (Phi) is 2.92. The van der Waals surface area contributed by atoms with Crippen molar-refractivity contribution >= 4 is 17.3 Å². The molecule has 1 aliphatic rings. The molecule has 2 nitrogen and oxygen atoms in total. The molecular weight excluding hydrogens is 196 g/mol. The number of anilines is 1. The summed E-state index contributed by atoms with van der Waals surface area (Å²) in [6, 6.07) is 4.91. The zero-order valence-electron chi connectivity index (χ0n) is 8.41. The van der Waals surface area contributed by atoms with E-state index in [0.717, 1.165) is 18.3 Å². The van der Waals surface area contributed by atoms with Gasteiger partial charge in [0.1, 0.15) is 0 Å². The number of alkyl halides is 1. The molecule has 1 aliphatic carbocycles. The fraction of sp³-hybridized carbons (Fsp3) is 0.545. The largest absolute Gasteiger partial charge is 0.369 e. The lowest BCUT2D eigenvalue weighted by Gasteiger charge is -2.22. The van der Waals surface area contributed by atoms with Gasteiger partial charge >= 0.3 is 0 Å². The molecule has 0 amide bonds. The third-order valence-corrected chi connectivity index (χ3v) is 2.87. The topological polar surface area (TPSA) is 16.1 Å². The van der Waals surface area contributed by atoms with Gasteiger partial charge in [-0.15, -0.1) is 11.6 Å². The van der Waals surface area contributed by atoms with E-state index in [1.807, 2.05) is 6.20 Å². The fourth-order valence-electron chi connectivity index (χ4n) is 1.75. The van der Waals surface area contributed by atoms with Crippen LogP contribution in [0.3, 0.4) is 0 Å². The second-order valence-corrected chi connectivity index (χ2v) is 3.92. The number of nitrogens with zero attached hydrogens (tertiary/aromatic N) is 2. The van der Waals surface area contributed by atoms with Gasteiger partial charge in [-0.05, 0) is 31.9 Å². The molecular formula is C11H15ClN2. The predicted octanol–water partition coefficient (Wildman–Crippen LogP) is 2.81. The van der Waals surface area contributed by atoms with Gasteiger partial charge in [0.2, 0.25) is 0 Å². The van der Waals surface area contributed by atoms with E-state index in [1.165, 1.54) is 18.5 Å². The van der Waals surface area contributed by atoms with Gasteiger partial charge in [-0.1, -0.05) is 0 Å². The Labute approximate surface area is 89.9 Å². The summed E-state index contributed by atoms with van der Waals surface area (Å²) in [5.74, 6) is 0.496. The van der Waals surface area contributed by atoms with Crippen molar-refractivity contribution in [2.45, 2.75) is 31.7 Å². The third kappa shape index (κ3) is 2.01. The van der Waals surface area contributed by atoms with Crippen LogP contribution in [0.2, 0.25) is 0 Å². The van der Waals surface area contributed by atoms with E-state index >= 15 is 0 Å². The fourth-order valence-corrected chi connectivity index (χ4v) is 1.90. The van der Waals surface area contributed by atoms with Crippen molar-refractivity contribution < 1.29 is 0 Å². The standard InChI is InChI=1S/C11H15ClN2/c1-2-14(10-3-4-10)11-5-6-13-9(7-11)8-12/h5-7,10H,2-4,8H2,1H3. The molecule has 0 saturated heterocycles. The van der Waals surface area contributed by atoms with E-state index in [0.29, 0.717) is 5.88 Å². The summed E-state index contributed by atoms with van der Waals surface area (Å²) >= 11 is 5.76. The minimum atomic E-state index is 0.496. The van der Waals surface area contributed by atoms with Gasteiger partial charge in [0.05, 0.1) is 11.6 Å². The van der Waals surface area contributed by atoms with Crippen molar-refractivity contribution in [3.05, 3.63) is 24.0 Å². The molecule has 3 heteroatoms. The van der Waals surface area contributed by atoms with Crippen molar-refractivity contribution in [3.8, 4) is 0 Å². The Morgan fingerprint density at radius 2 is 2.36 bits per heavy atom. The number of rotatable bonds is 4. The monoisotopic (exact) mass is 210 g/mol. The first kappa shape index (κ1) is 9.78. The maximum absolute atomic E-state index is 5.76. The number of pyridine rings is 1. The average molecular weight is 211 g/mol. The molecule has 0 aromatic carbocycles. The molecule has 2 rings (SSSR count). The summed E-state index contributed by atoms with van der Waals surface area (Å²) in [6.45, 7) is 3.26. The summed E-state index contributed by atoms with van der Waals surface area (Å²) in [7, 11) is 0. The number of hydrogen-bond donors (Lipinski definition) is 0. The minimum absolute atomic E-state index is 0.496. The smallest absolute Gasteiger partial charge is 0.0648 e. The summed E-state index contributed by atoms with van der Waals surface area (Å²) < 4.78 is 0. The maximum Gasteiger partial charge on any atom is 0.0648 e. The number of aromatic nitrogens is 1. The van der Waals surface area contributed by atoms with E-state index in [1.54, 1.807) is 0 Å². The lowest BCUT2D eigenvalue weighted by Crippen LogP contribution is -2.25. The Morgan fingerprint density at radius 3 is 2.93 bits per heavy atom. The van der Waals surface area contributed by atoms with Crippen LogP contribution < -0.4 is 4.90 Å². The van der Waals surface area contributed by atoms with Crippen LogP contribution in [-0.2, 0) is 5.88 Å². The Hall–Kier alpha value is -0.760. The van der Waals surface area contributed by atoms with Crippen LogP contribution in [0.1, 0.15) is 25.5 Å². The Morgan fingerprint density at radius 1 is 1.57 bits per heavy atom. The van der Waals surface area contributed by atoms with Crippen molar-refractivity contribution in [1.29, 1.82) is 0 Å². The van der Waals surface area contributed by atoms with Crippen LogP contribution in [-0.4, -0.2) is 17.6 Å². The first-order valence-corrected chi connectivity index (χ1v) is 5.66. The van der Waals surface area contributed by atoms with Crippen LogP contribution in [0.5, 0.6) is 0 Å². The van der Waals surface area contributed by atoms with Gasteiger partial charge in [0.25, 0.3) is 0 Å². The first-order chi connectivity index (χ1) is 6.85. The van der Waals surface area contributed by atoms with Crippen molar-refractivity contribution in [2.24, 2.45) is 0 Å². The predicted molar refractivity (Wildman–Crippen MR) is 59.8 cm³/mol. The molecule has 0 radical (unpaired) electrons. The van der Waals surface area contributed by atoms with E-state index < -0.39 is 0 Å². The lowest BCUT2D eigenvalue weighted by atomic mass is 10.3. The lowest BCUT2D eigenvalue weighted by molar-refractivity contribution is 0.823. The third-order valence-electron chi connectivity index (χ3n) is 2.60. The number of hydrogen-bond acceptors (Lipinski definition) is 2. The highest BCUT2D eigenvalue weighted by molar-refractivity contribution is 6.16. The highest BCUT2D eigenvalue weighted by atomic mass is 35.5. The Balaban J connectivity index is 2.20. The van der Waals surface area contributed by atoms with Gasteiger partial charge in [-0.25, -0.2) is 0 Å². The summed E-state index contributed by atoms with van der Waals surface area (Å²) in [4.78, 5) is 6.62. The normalized spacial score (nSPS) is 15.6. The maximum atomic E-state index is 5.76. The quantitative estimate of drug-likeness (QED) is 0.711. The second kappa shape index (κ2) is 4.18. The Bertz CT molecular complexity index is 310. The second-order valence-electron chi connectivity index (χ2n) is 3.66. The van der Waals surface area contributed by atoms with Gasteiger partial charge < -0.3 is 4.90 Å². The van der Waals surface area contributed by atoms with Crippen LogP contribution in [0.4, 0.5) is 5.69 Å². The van der Waals surface area contributed by atoms with Crippen LogP contribution in [0.15, 0.2) is 18.3 Å². The highest BCUT2D eigenvalue weighted by Gasteiger charge is 2.28. The molecule has 14 heavy (non-hydrogen) atoms. The van der Waals surface area contributed by atoms with E-state index in [9.17, 15) is 0 Å². The van der Waals surface area contributed by atoms with E-state index in [4.69, 9.17) is 11.6 Å². The minimum Gasteiger partial charge on any atom is -0.369 e. The molecule has 1 aromatic heterocycles. The van der Waals surface area contributed by atoms with E-state index in [2.05, 4.69) is 28.9 Å². The molecule has 0 aliphatic heterocycles. The first-order valence-electron chi connectivity index (χ1n) is 5.12. The van der Waals surface area contributed by atoms with Crippen molar-refractivity contribution in [1.82, 2.24) is 4.98 Å². The van der Waals surface area contributed by atoms with Gasteiger partial charge in [0, 0.05) is 24.5 Å². The van der Waals surface area contributed by atoms with Gasteiger partial charge in [-0.2, -0.15) is 0 Å². The molecule has 1 heterocycles. The molecule has 0 atom stereocenters. The SMILES string of the molecule is CCN(c1ccnc(CCl)c1)C1CC1. The van der Waals surface area contributed by atoms with E-state index in [-0.39, 0.29) is 0 Å². The van der Waals surface area contributed by atoms with Crippen molar-refractivity contribution in [3.63, 3.8) is 0 Å². The molecule has 0 spiro atoms. The molecule has 1 saturated carbocycles. The molecule has 0 bridgehead atoms. The van der Waals surface area contributed by atoms with Crippen LogP contribution in [0, 0.1) is 0 Å². The average Bonchev–Trinajstić information content (AvgIpc) is 3.04. The van der Waals surface area contributed by atoms with Gasteiger partial charge in [-0.3, -0.25) is 4.98 Å². The zero-order chi connectivity index (χ0) is 9.97. The van der Waals surface area contributed by atoms with Crippen LogP contribution >= 0.6 is 11.6 Å². The van der Waals surface area contributed by atoms with Crippen molar-refractivity contribution in [2.75, 3.05) is 11.4 Å². The zero-order valence-corrected chi connectivity index (χ0v) is 9.17. The summed E-state index contributed by atoms with van der Waals surface area (Å²) in [5, 5.41) is 0. The molecule has 0 unspecified atom stereocenters. The molecule has 0 N–H and O–H groups in total. The summed E-state index contributed by atoms with van der Waals surface area (Å²) in [6.07, 6.45) is 4.50.